The molecule has 0 saturated heterocycles. The average Bonchev–Trinajstić information content (AvgIpc) is 2.69. The van der Waals surface area contributed by atoms with E-state index in [0.717, 1.165) is 43.1 Å². The summed E-state index contributed by atoms with van der Waals surface area (Å²) < 4.78 is 11.4. The van der Waals surface area contributed by atoms with Crippen LogP contribution in [0.5, 0.6) is 11.5 Å². The fourth-order valence-electron chi connectivity index (χ4n) is 2.62. The molecular formula is C23H31NO3. The third kappa shape index (κ3) is 7.73. The smallest absolute Gasteiger partial charge is 0.255 e. The molecule has 0 aliphatic heterocycles. The van der Waals surface area contributed by atoms with Crippen molar-refractivity contribution >= 4 is 11.6 Å². The van der Waals surface area contributed by atoms with Gasteiger partial charge in [-0.2, -0.15) is 0 Å². The van der Waals surface area contributed by atoms with Gasteiger partial charge in [-0.15, -0.1) is 0 Å². The Morgan fingerprint density at radius 3 is 2.26 bits per heavy atom. The number of amides is 1. The van der Waals surface area contributed by atoms with E-state index >= 15 is 0 Å². The summed E-state index contributed by atoms with van der Waals surface area (Å²) in [6.07, 6.45) is 6.83. The van der Waals surface area contributed by atoms with E-state index in [2.05, 4.69) is 19.2 Å². The Kier molecular flexibility index (Phi) is 9.25. The lowest BCUT2D eigenvalue weighted by Crippen LogP contribution is -2.12. The van der Waals surface area contributed by atoms with Crippen LogP contribution in [0.1, 0.15) is 62.7 Å². The lowest BCUT2D eigenvalue weighted by molar-refractivity contribution is 0.102. The quantitative estimate of drug-likeness (QED) is 0.461. The first-order chi connectivity index (χ1) is 13.2. The predicted molar refractivity (Wildman–Crippen MR) is 111 cm³/mol. The van der Waals surface area contributed by atoms with Gasteiger partial charge >= 0.3 is 0 Å². The number of hydrogen-bond acceptors (Lipinski definition) is 3. The lowest BCUT2D eigenvalue weighted by atomic mass is 10.2. The molecule has 2 aromatic carbocycles. The van der Waals surface area contributed by atoms with Crippen LogP contribution in [0.25, 0.3) is 0 Å². The minimum atomic E-state index is -0.149. The van der Waals surface area contributed by atoms with E-state index in [4.69, 9.17) is 9.47 Å². The number of anilines is 1. The molecule has 0 aliphatic rings. The minimum Gasteiger partial charge on any atom is -0.494 e. The molecule has 4 heteroatoms. The largest absolute Gasteiger partial charge is 0.494 e. The summed E-state index contributed by atoms with van der Waals surface area (Å²) in [4.78, 5) is 12.5. The molecule has 0 spiro atoms. The van der Waals surface area contributed by atoms with Gasteiger partial charge in [0, 0.05) is 11.3 Å². The average molecular weight is 370 g/mol. The summed E-state index contributed by atoms with van der Waals surface area (Å²) in [6.45, 7) is 5.72. The number of unbranched alkanes of at least 4 members (excludes halogenated alkanes) is 4. The molecule has 0 heterocycles. The monoisotopic (exact) mass is 369 g/mol. The van der Waals surface area contributed by atoms with Crippen LogP contribution in [-0.4, -0.2) is 19.1 Å². The van der Waals surface area contributed by atoms with Crippen molar-refractivity contribution in [2.75, 3.05) is 18.5 Å². The van der Waals surface area contributed by atoms with Crippen molar-refractivity contribution in [1.29, 1.82) is 0 Å². The Morgan fingerprint density at radius 2 is 1.52 bits per heavy atom. The maximum absolute atomic E-state index is 12.5. The number of rotatable bonds is 12. The van der Waals surface area contributed by atoms with Gasteiger partial charge in [-0.25, -0.2) is 0 Å². The van der Waals surface area contributed by atoms with Crippen LogP contribution < -0.4 is 14.8 Å². The number of benzene rings is 2. The van der Waals surface area contributed by atoms with E-state index in [9.17, 15) is 4.79 Å². The van der Waals surface area contributed by atoms with Crippen molar-refractivity contribution in [3.8, 4) is 11.5 Å². The van der Waals surface area contributed by atoms with Crippen molar-refractivity contribution in [3.05, 3.63) is 54.1 Å². The van der Waals surface area contributed by atoms with Crippen molar-refractivity contribution in [2.45, 2.75) is 52.4 Å². The maximum atomic E-state index is 12.5. The van der Waals surface area contributed by atoms with Crippen LogP contribution in [-0.2, 0) is 0 Å². The Hall–Kier alpha value is -2.49. The molecule has 1 amide bonds. The number of ether oxygens (including phenoxy) is 2. The summed E-state index contributed by atoms with van der Waals surface area (Å²) in [5.41, 5.74) is 1.33. The fourth-order valence-corrected chi connectivity index (χ4v) is 2.62. The van der Waals surface area contributed by atoms with E-state index in [1.54, 1.807) is 12.1 Å². The lowest BCUT2D eigenvalue weighted by Gasteiger charge is -2.10. The first-order valence-corrected chi connectivity index (χ1v) is 10.00. The van der Waals surface area contributed by atoms with Gasteiger partial charge in [0.15, 0.2) is 0 Å². The number of hydrogen-bond donors (Lipinski definition) is 1. The van der Waals surface area contributed by atoms with Crippen LogP contribution in [0, 0.1) is 0 Å². The first kappa shape index (κ1) is 20.8. The van der Waals surface area contributed by atoms with Crippen LogP contribution in [0.4, 0.5) is 5.69 Å². The van der Waals surface area contributed by atoms with Gasteiger partial charge in [0.05, 0.1) is 13.2 Å². The van der Waals surface area contributed by atoms with Gasteiger partial charge < -0.3 is 14.8 Å². The number of carbonyl (C=O) groups excluding carboxylic acids is 1. The van der Waals surface area contributed by atoms with Gasteiger partial charge in [0.1, 0.15) is 11.5 Å². The van der Waals surface area contributed by atoms with E-state index in [-0.39, 0.29) is 5.91 Å². The molecule has 0 unspecified atom stereocenters. The second-order valence-corrected chi connectivity index (χ2v) is 6.62. The molecule has 0 atom stereocenters. The Balaban J connectivity index is 1.83. The summed E-state index contributed by atoms with van der Waals surface area (Å²) in [6, 6.07) is 14.8. The van der Waals surface area contributed by atoms with Crippen LogP contribution in [0.2, 0.25) is 0 Å². The van der Waals surface area contributed by atoms with Gasteiger partial charge in [0.25, 0.3) is 5.91 Å². The topological polar surface area (TPSA) is 47.6 Å². The van der Waals surface area contributed by atoms with Crippen molar-refractivity contribution < 1.29 is 14.3 Å². The summed E-state index contributed by atoms with van der Waals surface area (Å²) in [5.74, 6) is 1.41. The van der Waals surface area contributed by atoms with E-state index in [1.807, 2.05) is 36.4 Å². The van der Waals surface area contributed by atoms with Crippen molar-refractivity contribution in [1.82, 2.24) is 0 Å². The SMILES string of the molecule is CCCCCCOc1ccc(NC(=O)c2cccc(OCCCC)c2)cc1. The second-order valence-electron chi connectivity index (χ2n) is 6.62. The maximum Gasteiger partial charge on any atom is 0.255 e. The third-order valence-corrected chi connectivity index (χ3v) is 4.24. The molecule has 0 aromatic heterocycles. The van der Waals surface area contributed by atoms with Gasteiger partial charge in [0.2, 0.25) is 0 Å². The van der Waals surface area contributed by atoms with Gasteiger partial charge in [-0.3, -0.25) is 4.79 Å². The van der Waals surface area contributed by atoms with E-state index in [0.29, 0.717) is 12.2 Å². The molecule has 1 N–H and O–H groups in total. The highest BCUT2D eigenvalue weighted by atomic mass is 16.5. The highest BCUT2D eigenvalue weighted by Gasteiger charge is 2.07. The molecule has 27 heavy (non-hydrogen) atoms. The predicted octanol–water partition coefficient (Wildman–Crippen LogP) is 6.08. The third-order valence-electron chi connectivity index (χ3n) is 4.24. The Bertz CT molecular complexity index is 682. The molecule has 0 radical (unpaired) electrons. The summed E-state index contributed by atoms with van der Waals surface area (Å²) >= 11 is 0. The van der Waals surface area contributed by atoms with Crippen LogP contribution in [0.15, 0.2) is 48.5 Å². The second kappa shape index (κ2) is 12.0. The zero-order chi connectivity index (χ0) is 19.3. The summed E-state index contributed by atoms with van der Waals surface area (Å²) in [7, 11) is 0. The van der Waals surface area contributed by atoms with Gasteiger partial charge in [-0.05, 0) is 55.3 Å². The zero-order valence-corrected chi connectivity index (χ0v) is 16.5. The molecule has 0 aliphatic carbocycles. The normalized spacial score (nSPS) is 10.4. The van der Waals surface area contributed by atoms with Gasteiger partial charge in [-0.1, -0.05) is 45.6 Å². The zero-order valence-electron chi connectivity index (χ0n) is 16.5. The number of carbonyl (C=O) groups is 1. The molecule has 4 nitrogen and oxygen atoms in total. The Labute approximate surface area is 162 Å². The molecule has 0 fully saturated rings. The molecule has 146 valence electrons. The molecule has 0 bridgehead atoms. The van der Waals surface area contributed by atoms with E-state index in [1.165, 1.54) is 19.3 Å². The van der Waals surface area contributed by atoms with E-state index < -0.39 is 0 Å². The Morgan fingerprint density at radius 1 is 0.815 bits per heavy atom. The number of nitrogens with one attached hydrogen (secondary N) is 1. The molecule has 2 aromatic rings. The highest BCUT2D eigenvalue weighted by molar-refractivity contribution is 6.04. The standard InChI is InChI=1S/C23H31NO3/c1-3-5-7-8-17-26-21-14-12-20(13-15-21)24-23(25)19-10-9-11-22(18-19)27-16-6-4-2/h9-15,18H,3-8,16-17H2,1-2H3,(H,24,25). The molecular weight excluding hydrogens is 338 g/mol. The highest BCUT2D eigenvalue weighted by Crippen LogP contribution is 2.19. The fraction of sp³-hybridized carbons (Fsp3) is 0.435. The van der Waals surface area contributed by atoms with Crippen molar-refractivity contribution in [2.24, 2.45) is 0 Å². The van der Waals surface area contributed by atoms with Crippen LogP contribution >= 0.6 is 0 Å². The summed E-state index contributed by atoms with van der Waals surface area (Å²) in [5, 5.41) is 2.91. The minimum absolute atomic E-state index is 0.149. The molecule has 0 saturated carbocycles. The van der Waals surface area contributed by atoms with Crippen LogP contribution in [0.3, 0.4) is 0 Å². The first-order valence-electron chi connectivity index (χ1n) is 10.00. The molecule has 2 rings (SSSR count). The van der Waals surface area contributed by atoms with Crippen molar-refractivity contribution in [3.63, 3.8) is 0 Å².